The largest absolute Gasteiger partial charge is 0.371 e. The normalized spacial score (nSPS) is 34.3. The Morgan fingerprint density at radius 2 is 2.21 bits per heavy atom. The van der Waals surface area contributed by atoms with Crippen LogP contribution in [0.3, 0.4) is 0 Å². The summed E-state index contributed by atoms with van der Waals surface area (Å²) in [6, 6.07) is 2.16. The monoisotopic (exact) mass is 387 g/mol. The maximum Gasteiger partial charge on any atom is 0.135 e. The predicted molar refractivity (Wildman–Crippen MR) is 110 cm³/mol. The van der Waals surface area contributed by atoms with Crippen LogP contribution in [0.1, 0.15) is 44.4 Å². The van der Waals surface area contributed by atoms with Gasteiger partial charge in [0.1, 0.15) is 18.7 Å². The molecule has 0 aliphatic carbocycles. The second-order valence-electron chi connectivity index (χ2n) is 8.96. The lowest BCUT2D eigenvalue weighted by Gasteiger charge is -2.47. The van der Waals surface area contributed by atoms with Crippen molar-refractivity contribution in [1.82, 2.24) is 14.4 Å². The van der Waals surface area contributed by atoms with Gasteiger partial charge in [0.2, 0.25) is 0 Å². The number of anilines is 1. The molecule has 1 spiro atoms. The number of aliphatic imine (C=N–C) groups is 1. The Balaban J connectivity index is 1.21. The molecule has 5 heterocycles. The molecule has 0 amide bonds. The maximum atomic E-state index is 6.50. The van der Waals surface area contributed by atoms with Crippen LogP contribution in [-0.2, 0) is 9.47 Å². The molecule has 1 aromatic rings. The van der Waals surface area contributed by atoms with Gasteiger partial charge in [0.25, 0.3) is 0 Å². The first-order valence-corrected chi connectivity index (χ1v) is 10.8. The molecule has 5 rings (SSSR count). The fourth-order valence-electron chi connectivity index (χ4n) is 5.45. The molecule has 3 atom stereocenters. The number of nitrogens with zero attached hydrogens (tertiary/aromatic N) is 4. The molecule has 0 bridgehead atoms. The number of rotatable bonds is 3. The highest BCUT2D eigenvalue weighted by Crippen LogP contribution is 2.35. The minimum atomic E-state index is 0.0313. The first kappa shape index (κ1) is 18.6. The zero-order valence-electron chi connectivity index (χ0n) is 17.2. The number of fused-ring (bicyclic) bond motifs is 1. The maximum absolute atomic E-state index is 6.50. The summed E-state index contributed by atoms with van der Waals surface area (Å²) in [6.45, 7) is 8.91. The third-order valence-electron chi connectivity index (χ3n) is 6.78. The van der Waals surface area contributed by atoms with E-state index in [0.717, 1.165) is 57.2 Å². The minimum absolute atomic E-state index is 0.0313. The van der Waals surface area contributed by atoms with Crippen LogP contribution in [0.4, 0.5) is 5.82 Å². The van der Waals surface area contributed by atoms with Crippen LogP contribution in [0.15, 0.2) is 17.3 Å². The summed E-state index contributed by atoms with van der Waals surface area (Å²) < 4.78 is 15.0. The Labute approximate surface area is 167 Å². The second-order valence-corrected chi connectivity index (χ2v) is 8.96. The first-order valence-electron chi connectivity index (χ1n) is 10.8. The minimum Gasteiger partial charge on any atom is -0.371 e. The highest BCUT2D eigenvalue weighted by molar-refractivity contribution is 6.04. The zero-order chi connectivity index (χ0) is 19.1. The van der Waals surface area contributed by atoms with Gasteiger partial charge >= 0.3 is 0 Å². The van der Waals surface area contributed by atoms with E-state index in [0.29, 0.717) is 12.8 Å². The Morgan fingerprint density at radius 3 is 3.11 bits per heavy atom. The van der Waals surface area contributed by atoms with Crippen molar-refractivity contribution < 1.29 is 9.47 Å². The lowest BCUT2D eigenvalue weighted by atomic mass is 9.91. The summed E-state index contributed by atoms with van der Waals surface area (Å²) in [4.78, 5) is 9.48. The predicted octanol–water partition coefficient (Wildman–Crippen LogP) is 2.15. The molecule has 0 saturated carbocycles. The van der Waals surface area contributed by atoms with Crippen molar-refractivity contribution in [2.24, 2.45) is 4.99 Å². The molecule has 3 unspecified atom stereocenters. The fraction of sp³-hybridized carbons (Fsp3) is 0.762. The standard InChI is InChI=1S/C21H33N5O2/c1-16-18-6-9-26(20(18)23-15-22-16)19-5-4-17(28-19)12-25-10-11-27-21(14-25)7-3-8-24(2)13-21/h6,9,17,19,23H,3-5,7-8,10-15H2,1-2H3. The van der Waals surface area contributed by atoms with E-state index in [1.54, 1.807) is 0 Å². The van der Waals surface area contributed by atoms with E-state index >= 15 is 0 Å². The number of piperidine rings is 1. The van der Waals surface area contributed by atoms with Gasteiger partial charge in [0.15, 0.2) is 0 Å². The SMILES string of the molecule is CC1=NCNc2c1ccn2C1CCC(CN2CCOC3(CCCN(C)C3)C2)O1. The third kappa shape index (κ3) is 3.49. The lowest BCUT2D eigenvalue weighted by molar-refractivity contribution is -0.143. The molecule has 4 aliphatic rings. The molecule has 28 heavy (non-hydrogen) atoms. The van der Waals surface area contributed by atoms with E-state index < -0.39 is 0 Å². The van der Waals surface area contributed by atoms with Gasteiger partial charge in [-0.1, -0.05) is 0 Å². The summed E-state index contributed by atoms with van der Waals surface area (Å²) in [5.74, 6) is 1.16. The van der Waals surface area contributed by atoms with Gasteiger partial charge in [-0.25, -0.2) is 0 Å². The van der Waals surface area contributed by atoms with Crippen molar-refractivity contribution in [3.05, 3.63) is 17.8 Å². The van der Waals surface area contributed by atoms with Gasteiger partial charge in [-0.2, -0.15) is 0 Å². The number of nitrogens with one attached hydrogen (secondary N) is 1. The van der Waals surface area contributed by atoms with Crippen molar-refractivity contribution in [3.8, 4) is 0 Å². The van der Waals surface area contributed by atoms with Gasteiger partial charge in [0, 0.05) is 43.7 Å². The fourth-order valence-corrected chi connectivity index (χ4v) is 5.45. The van der Waals surface area contributed by atoms with Crippen LogP contribution < -0.4 is 5.32 Å². The number of hydrogen-bond donors (Lipinski definition) is 1. The van der Waals surface area contributed by atoms with Gasteiger partial charge < -0.3 is 24.3 Å². The number of hydrogen-bond acceptors (Lipinski definition) is 6. The molecule has 0 radical (unpaired) electrons. The second kappa shape index (κ2) is 7.44. The van der Waals surface area contributed by atoms with Gasteiger partial charge in [-0.3, -0.25) is 9.89 Å². The van der Waals surface area contributed by atoms with E-state index in [4.69, 9.17) is 9.47 Å². The van der Waals surface area contributed by atoms with Crippen molar-refractivity contribution in [2.75, 3.05) is 58.4 Å². The molecule has 1 N–H and O–H groups in total. The summed E-state index contributed by atoms with van der Waals surface area (Å²) in [5.41, 5.74) is 2.34. The number of likely N-dealkylation sites (N-methyl/N-ethyl adjacent to an activating group) is 1. The molecule has 4 aliphatic heterocycles. The van der Waals surface area contributed by atoms with Crippen LogP contribution in [0.25, 0.3) is 0 Å². The summed E-state index contributed by atoms with van der Waals surface area (Å²) in [5, 5.41) is 3.42. The highest BCUT2D eigenvalue weighted by atomic mass is 16.5. The van der Waals surface area contributed by atoms with E-state index in [9.17, 15) is 0 Å². The van der Waals surface area contributed by atoms with Crippen LogP contribution in [0, 0.1) is 0 Å². The molecule has 3 saturated heterocycles. The van der Waals surface area contributed by atoms with Crippen molar-refractivity contribution in [2.45, 2.75) is 50.5 Å². The van der Waals surface area contributed by atoms with Gasteiger partial charge in [-0.15, -0.1) is 0 Å². The Bertz CT molecular complexity index is 743. The number of likely N-dealkylation sites (tertiary alicyclic amines) is 1. The van der Waals surface area contributed by atoms with Crippen LogP contribution >= 0.6 is 0 Å². The molecule has 3 fully saturated rings. The number of aromatic nitrogens is 1. The molecule has 1 aromatic heterocycles. The molecule has 7 nitrogen and oxygen atoms in total. The van der Waals surface area contributed by atoms with E-state index in [1.165, 1.54) is 24.9 Å². The van der Waals surface area contributed by atoms with Crippen molar-refractivity contribution in [1.29, 1.82) is 0 Å². The topological polar surface area (TPSA) is 54.3 Å². The number of ether oxygens (including phenoxy) is 2. The summed E-state index contributed by atoms with van der Waals surface area (Å²) >= 11 is 0. The van der Waals surface area contributed by atoms with Crippen LogP contribution in [0.2, 0.25) is 0 Å². The van der Waals surface area contributed by atoms with Crippen LogP contribution in [0.5, 0.6) is 0 Å². The van der Waals surface area contributed by atoms with Gasteiger partial charge in [0.05, 0.1) is 18.3 Å². The van der Waals surface area contributed by atoms with E-state index in [2.05, 4.69) is 50.9 Å². The molecular formula is C21H33N5O2. The van der Waals surface area contributed by atoms with E-state index in [-0.39, 0.29) is 11.8 Å². The molecule has 7 heteroatoms. The summed E-state index contributed by atoms with van der Waals surface area (Å²) in [6.07, 6.45) is 7.19. The molecule has 154 valence electrons. The number of morpholine rings is 1. The van der Waals surface area contributed by atoms with Crippen molar-refractivity contribution in [3.63, 3.8) is 0 Å². The first-order chi connectivity index (χ1) is 13.6. The third-order valence-corrected chi connectivity index (χ3v) is 6.78. The molecule has 0 aromatic carbocycles. The average Bonchev–Trinajstić information content (AvgIpc) is 3.29. The lowest BCUT2D eigenvalue weighted by Crippen LogP contribution is -2.59. The zero-order valence-corrected chi connectivity index (χ0v) is 17.2. The van der Waals surface area contributed by atoms with E-state index in [1.807, 2.05) is 0 Å². The quantitative estimate of drug-likeness (QED) is 0.861. The summed E-state index contributed by atoms with van der Waals surface area (Å²) in [7, 11) is 2.21. The smallest absolute Gasteiger partial charge is 0.135 e. The van der Waals surface area contributed by atoms with Crippen LogP contribution in [-0.4, -0.2) is 84.8 Å². The average molecular weight is 388 g/mol. The Hall–Kier alpha value is -1.41. The highest BCUT2D eigenvalue weighted by Gasteiger charge is 2.40. The van der Waals surface area contributed by atoms with Gasteiger partial charge in [-0.05, 0) is 52.3 Å². The Morgan fingerprint density at radius 1 is 1.29 bits per heavy atom. The Kier molecular flexibility index (Phi) is 4.95. The van der Waals surface area contributed by atoms with Crippen molar-refractivity contribution >= 4 is 11.5 Å². The molecular weight excluding hydrogens is 354 g/mol.